The Kier molecular flexibility index (Phi) is 4.40. The Morgan fingerprint density at radius 3 is 2.39 bits per heavy atom. The second kappa shape index (κ2) is 5.28. The molecule has 18 heavy (non-hydrogen) atoms. The molecule has 0 saturated heterocycles. The zero-order valence-electron chi connectivity index (χ0n) is 12.1. The largest absolute Gasteiger partial charge is 0.504 e. The molecule has 1 aromatic rings. The topological polar surface area (TPSA) is 51.6 Å². The van der Waals surface area contributed by atoms with Crippen LogP contribution < -0.4 is 4.74 Å². The van der Waals surface area contributed by atoms with E-state index in [1.807, 2.05) is 0 Å². The van der Waals surface area contributed by atoms with Crippen molar-refractivity contribution >= 4 is 8.32 Å². The summed E-state index contributed by atoms with van der Waals surface area (Å²) in [7, 11) is -0.277. The van der Waals surface area contributed by atoms with Gasteiger partial charge < -0.3 is 14.3 Å². The van der Waals surface area contributed by atoms with E-state index in [1.54, 1.807) is 6.07 Å². The fourth-order valence-electron chi connectivity index (χ4n) is 1.18. The molecule has 0 bridgehead atoms. The van der Waals surface area contributed by atoms with Crippen molar-refractivity contribution in [3.05, 3.63) is 18.0 Å². The fraction of sp³-hybridized carbons (Fsp3) is 0.615. The van der Waals surface area contributed by atoms with Crippen molar-refractivity contribution in [2.75, 3.05) is 7.11 Å². The van der Waals surface area contributed by atoms with Crippen LogP contribution in [-0.4, -0.2) is 25.5 Å². The predicted molar refractivity (Wildman–Crippen MR) is 74.4 cm³/mol. The zero-order chi connectivity index (χ0) is 14.0. The molecular formula is C13H23NO3Si. The van der Waals surface area contributed by atoms with Gasteiger partial charge in [-0.25, -0.2) is 0 Å². The lowest BCUT2D eigenvalue weighted by Gasteiger charge is -2.36. The molecule has 0 aliphatic rings. The van der Waals surface area contributed by atoms with Crippen LogP contribution in [0.4, 0.5) is 0 Å². The van der Waals surface area contributed by atoms with Crippen LogP contribution in [0.3, 0.4) is 0 Å². The van der Waals surface area contributed by atoms with Crippen LogP contribution in [0.2, 0.25) is 18.1 Å². The molecule has 0 saturated carbocycles. The molecule has 0 amide bonds. The first-order valence-corrected chi connectivity index (χ1v) is 8.94. The third-order valence-electron chi connectivity index (χ3n) is 3.51. The second-order valence-electron chi connectivity index (χ2n) is 5.90. The maximum absolute atomic E-state index is 9.67. The van der Waals surface area contributed by atoms with E-state index in [0.717, 1.165) is 5.69 Å². The van der Waals surface area contributed by atoms with Crippen LogP contribution in [0, 0.1) is 0 Å². The third kappa shape index (κ3) is 3.46. The number of nitrogens with zero attached hydrogens (tertiary/aromatic N) is 1. The van der Waals surface area contributed by atoms with Gasteiger partial charge in [0.15, 0.2) is 19.8 Å². The summed E-state index contributed by atoms with van der Waals surface area (Å²) < 4.78 is 11.0. The van der Waals surface area contributed by atoms with Crippen molar-refractivity contribution in [1.82, 2.24) is 4.98 Å². The maximum Gasteiger partial charge on any atom is 0.192 e. The molecule has 0 aliphatic heterocycles. The summed E-state index contributed by atoms with van der Waals surface area (Å²) in [6.45, 7) is 11.4. The lowest BCUT2D eigenvalue weighted by atomic mass is 10.2. The number of ether oxygens (including phenoxy) is 1. The highest BCUT2D eigenvalue weighted by molar-refractivity contribution is 6.74. The van der Waals surface area contributed by atoms with Gasteiger partial charge in [-0.2, -0.15) is 0 Å². The average Bonchev–Trinajstić information content (AvgIpc) is 2.25. The van der Waals surface area contributed by atoms with E-state index >= 15 is 0 Å². The normalized spacial score (nSPS) is 12.6. The van der Waals surface area contributed by atoms with Crippen molar-refractivity contribution in [2.45, 2.75) is 45.5 Å². The van der Waals surface area contributed by atoms with Crippen molar-refractivity contribution in [3.8, 4) is 11.5 Å². The number of rotatable bonds is 4. The van der Waals surface area contributed by atoms with Gasteiger partial charge in [-0.1, -0.05) is 20.8 Å². The van der Waals surface area contributed by atoms with Gasteiger partial charge in [-0.3, -0.25) is 4.98 Å². The molecule has 0 atom stereocenters. The highest BCUT2D eigenvalue weighted by atomic mass is 28.4. The van der Waals surface area contributed by atoms with Gasteiger partial charge in [0, 0.05) is 6.07 Å². The Bertz CT molecular complexity index is 413. The van der Waals surface area contributed by atoms with E-state index in [0.29, 0.717) is 12.4 Å². The molecule has 0 aliphatic carbocycles. The highest BCUT2D eigenvalue weighted by Gasteiger charge is 2.37. The summed E-state index contributed by atoms with van der Waals surface area (Å²) in [5.74, 6) is 0.479. The number of aromatic nitrogens is 1. The van der Waals surface area contributed by atoms with Crippen molar-refractivity contribution < 1.29 is 14.3 Å². The summed E-state index contributed by atoms with van der Waals surface area (Å²) in [6, 6.07) is 1.59. The van der Waals surface area contributed by atoms with E-state index in [-0.39, 0.29) is 10.8 Å². The average molecular weight is 269 g/mol. The molecule has 1 heterocycles. The summed E-state index contributed by atoms with van der Waals surface area (Å²) in [5.41, 5.74) is 0.720. The van der Waals surface area contributed by atoms with E-state index in [4.69, 9.17) is 9.16 Å². The Morgan fingerprint density at radius 1 is 1.33 bits per heavy atom. The molecule has 0 fully saturated rings. The highest BCUT2D eigenvalue weighted by Crippen LogP contribution is 2.37. The molecule has 1 N–H and O–H groups in total. The van der Waals surface area contributed by atoms with Gasteiger partial charge in [0.1, 0.15) is 0 Å². The lowest BCUT2D eigenvalue weighted by molar-refractivity contribution is 0.270. The zero-order valence-corrected chi connectivity index (χ0v) is 13.1. The number of methoxy groups -OCH3 is 1. The minimum absolute atomic E-state index is 0.0985. The Balaban J connectivity index is 2.73. The molecule has 102 valence electrons. The van der Waals surface area contributed by atoms with E-state index in [9.17, 15) is 5.11 Å². The molecule has 1 rings (SSSR count). The molecule has 0 spiro atoms. The summed E-state index contributed by atoms with van der Waals surface area (Å²) in [6.07, 6.45) is 1.51. The maximum atomic E-state index is 9.67. The van der Waals surface area contributed by atoms with E-state index < -0.39 is 8.32 Å². The van der Waals surface area contributed by atoms with E-state index in [2.05, 4.69) is 38.8 Å². The minimum Gasteiger partial charge on any atom is -0.504 e. The molecule has 1 aromatic heterocycles. The van der Waals surface area contributed by atoms with Gasteiger partial charge in [0.05, 0.1) is 25.6 Å². The Labute approximate surface area is 110 Å². The summed E-state index contributed by atoms with van der Waals surface area (Å²) in [4.78, 5) is 4.21. The predicted octanol–water partition coefficient (Wildman–Crippen LogP) is 3.32. The van der Waals surface area contributed by atoms with Gasteiger partial charge >= 0.3 is 0 Å². The summed E-state index contributed by atoms with van der Waals surface area (Å²) in [5, 5.41) is 9.84. The molecular weight excluding hydrogens is 246 g/mol. The lowest BCUT2D eigenvalue weighted by Crippen LogP contribution is -2.40. The molecule has 0 radical (unpaired) electrons. The van der Waals surface area contributed by atoms with Gasteiger partial charge in [0.2, 0.25) is 0 Å². The minimum atomic E-state index is -1.78. The van der Waals surface area contributed by atoms with Crippen LogP contribution in [0.5, 0.6) is 11.5 Å². The first-order valence-electron chi connectivity index (χ1n) is 6.03. The van der Waals surface area contributed by atoms with E-state index in [1.165, 1.54) is 13.3 Å². The Morgan fingerprint density at radius 2 is 1.94 bits per heavy atom. The standard InChI is InChI=1S/C13H23NO3Si/c1-13(2,3)18(5,6)17-9-10-7-11(15)12(16-4)8-14-10/h7-8H,9H2,1-6H3,(H,14,15). The van der Waals surface area contributed by atoms with Crippen molar-refractivity contribution in [2.24, 2.45) is 0 Å². The Hall–Kier alpha value is -1.07. The molecule has 0 unspecified atom stereocenters. The van der Waals surface area contributed by atoms with Crippen LogP contribution in [0.1, 0.15) is 26.5 Å². The monoisotopic (exact) mass is 269 g/mol. The quantitative estimate of drug-likeness (QED) is 0.852. The first-order chi connectivity index (χ1) is 8.17. The van der Waals surface area contributed by atoms with Crippen LogP contribution in [0.25, 0.3) is 0 Å². The third-order valence-corrected chi connectivity index (χ3v) is 7.99. The van der Waals surface area contributed by atoms with Gasteiger partial charge in [-0.15, -0.1) is 0 Å². The molecule has 5 heteroatoms. The van der Waals surface area contributed by atoms with Crippen LogP contribution >= 0.6 is 0 Å². The second-order valence-corrected chi connectivity index (χ2v) is 10.7. The SMILES string of the molecule is COc1cnc(CO[Si](C)(C)C(C)(C)C)cc1O. The van der Waals surface area contributed by atoms with Crippen LogP contribution in [0.15, 0.2) is 12.3 Å². The van der Waals surface area contributed by atoms with Crippen molar-refractivity contribution in [3.63, 3.8) is 0 Å². The van der Waals surface area contributed by atoms with Crippen LogP contribution in [-0.2, 0) is 11.0 Å². The number of aromatic hydroxyl groups is 1. The number of hydrogen-bond acceptors (Lipinski definition) is 4. The number of pyridine rings is 1. The first kappa shape index (κ1) is 15.0. The summed E-state index contributed by atoms with van der Waals surface area (Å²) >= 11 is 0. The van der Waals surface area contributed by atoms with Gasteiger partial charge in [-0.05, 0) is 18.1 Å². The smallest absolute Gasteiger partial charge is 0.192 e. The molecule has 0 aromatic carbocycles. The van der Waals surface area contributed by atoms with Crippen molar-refractivity contribution in [1.29, 1.82) is 0 Å². The van der Waals surface area contributed by atoms with Gasteiger partial charge in [0.25, 0.3) is 0 Å². The molecule has 4 nitrogen and oxygen atoms in total. The number of hydrogen-bond donors (Lipinski definition) is 1. The fourth-order valence-corrected chi connectivity index (χ4v) is 2.12.